The first-order valence-electron chi connectivity index (χ1n) is 12.4. The van der Waals surface area contributed by atoms with E-state index in [1.807, 2.05) is 24.0 Å². The van der Waals surface area contributed by atoms with Crippen LogP contribution in [-0.2, 0) is 0 Å². The van der Waals surface area contributed by atoms with E-state index in [0.29, 0.717) is 40.2 Å². The van der Waals surface area contributed by atoms with Gasteiger partial charge in [0.15, 0.2) is 6.19 Å². The second-order valence-electron chi connectivity index (χ2n) is 9.37. The minimum Gasteiger partial charge on any atom is -0.482 e. The van der Waals surface area contributed by atoms with E-state index in [2.05, 4.69) is 31.6 Å². The standard InChI is InChI=1S/C18H16F2N6O.C8H12N2/c1-10-16(24-25-23-10)12-7-14-17(26(9-22-14)18(19)20)15(8-12)27-11(2)13-5-3-4-6-21-13;9-6-10-7-2-1-3-8(10)5-4-7/h3-9,11,18H,1-2H3,(H,23,24,25);7-8H,1-5H2. The molecular formula is C26H28F2N8O. The second-order valence-corrected chi connectivity index (χ2v) is 9.37. The summed E-state index contributed by atoms with van der Waals surface area (Å²) in [5, 5.41) is 19.4. The topological polar surface area (TPSA) is 109 Å². The summed E-state index contributed by atoms with van der Waals surface area (Å²) in [7, 11) is 0. The zero-order valence-corrected chi connectivity index (χ0v) is 20.7. The van der Waals surface area contributed by atoms with E-state index >= 15 is 0 Å². The van der Waals surface area contributed by atoms with Crippen molar-refractivity contribution < 1.29 is 13.5 Å². The highest BCUT2D eigenvalue weighted by atomic mass is 19.3. The van der Waals surface area contributed by atoms with Gasteiger partial charge in [-0.2, -0.15) is 29.5 Å². The van der Waals surface area contributed by atoms with Gasteiger partial charge < -0.3 is 9.64 Å². The molecular weight excluding hydrogens is 478 g/mol. The van der Waals surface area contributed by atoms with Crippen LogP contribution >= 0.6 is 0 Å². The molecule has 6 rings (SSSR count). The van der Waals surface area contributed by atoms with Crippen molar-refractivity contribution in [2.45, 2.75) is 70.7 Å². The van der Waals surface area contributed by atoms with Crippen LogP contribution in [0, 0.1) is 18.4 Å². The summed E-state index contributed by atoms with van der Waals surface area (Å²) in [6.45, 7) is 0.880. The molecule has 3 unspecified atom stereocenters. The molecule has 4 aromatic rings. The fourth-order valence-corrected chi connectivity index (χ4v) is 5.21. The SMILES string of the molecule is Cc1n[nH]nc1-c1cc(OC(C)c2ccccn2)c2c(c1)ncn2C(F)F.N#CN1C2CCCC1CC2. The number of alkyl halides is 2. The van der Waals surface area contributed by atoms with Crippen molar-refractivity contribution in [2.24, 2.45) is 0 Å². The van der Waals surface area contributed by atoms with Crippen molar-refractivity contribution in [1.29, 1.82) is 5.26 Å². The molecule has 1 aromatic carbocycles. The van der Waals surface area contributed by atoms with Crippen molar-refractivity contribution in [1.82, 2.24) is 34.8 Å². The number of fused-ring (bicyclic) bond motifs is 3. The molecule has 3 atom stereocenters. The lowest BCUT2D eigenvalue weighted by molar-refractivity contribution is 0.0737. The number of ether oxygens (including phenoxy) is 1. The van der Waals surface area contributed by atoms with Gasteiger partial charge in [-0.15, -0.1) is 0 Å². The Balaban J connectivity index is 0.000000233. The van der Waals surface area contributed by atoms with Crippen LogP contribution < -0.4 is 4.74 Å². The Morgan fingerprint density at radius 3 is 2.49 bits per heavy atom. The lowest BCUT2D eigenvalue weighted by Crippen LogP contribution is -2.35. The van der Waals surface area contributed by atoms with Crippen LogP contribution in [0.2, 0.25) is 0 Å². The van der Waals surface area contributed by atoms with Gasteiger partial charge in [-0.05, 0) is 70.2 Å². The summed E-state index contributed by atoms with van der Waals surface area (Å²) in [4.78, 5) is 10.4. The largest absolute Gasteiger partial charge is 0.482 e. The molecule has 37 heavy (non-hydrogen) atoms. The van der Waals surface area contributed by atoms with Gasteiger partial charge in [0.25, 0.3) is 0 Å². The van der Waals surface area contributed by atoms with Gasteiger partial charge in [0, 0.05) is 23.8 Å². The van der Waals surface area contributed by atoms with Crippen LogP contribution in [0.4, 0.5) is 8.78 Å². The van der Waals surface area contributed by atoms with E-state index in [1.54, 1.807) is 31.3 Å². The van der Waals surface area contributed by atoms with Crippen LogP contribution in [0.25, 0.3) is 22.3 Å². The lowest BCUT2D eigenvalue weighted by Gasteiger charge is -2.29. The Hall–Kier alpha value is -4.07. The first-order chi connectivity index (χ1) is 18.0. The van der Waals surface area contributed by atoms with Crippen molar-refractivity contribution >= 4 is 11.0 Å². The number of nitrogens with zero attached hydrogens (tertiary/aromatic N) is 7. The van der Waals surface area contributed by atoms with E-state index in [0.717, 1.165) is 10.9 Å². The van der Waals surface area contributed by atoms with Crippen molar-refractivity contribution in [2.75, 3.05) is 0 Å². The van der Waals surface area contributed by atoms with Gasteiger partial charge in [0.1, 0.15) is 29.4 Å². The van der Waals surface area contributed by atoms with Crippen LogP contribution in [-0.4, -0.2) is 46.9 Å². The molecule has 9 nitrogen and oxygen atoms in total. The second kappa shape index (κ2) is 10.5. The molecule has 2 bridgehead atoms. The maximum Gasteiger partial charge on any atom is 0.320 e. The summed E-state index contributed by atoms with van der Waals surface area (Å²) in [5.74, 6) is 0.279. The van der Waals surface area contributed by atoms with E-state index in [9.17, 15) is 8.78 Å². The fourth-order valence-electron chi connectivity index (χ4n) is 5.21. The van der Waals surface area contributed by atoms with Crippen LogP contribution in [0.5, 0.6) is 5.75 Å². The average molecular weight is 507 g/mol. The average Bonchev–Trinajstić information content (AvgIpc) is 3.59. The molecule has 2 fully saturated rings. The Morgan fingerprint density at radius 1 is 1.11 bits per heavy atom. The third-order valence-corrected chi connectivity index (χ3v) is 7.06. The first-order valence-corrected chi connectivity index (χ1v) is 12.4. The number of benzene rings is 1. The number of aromatic nitrogens is 6. The third-order valence-electron chi connectivity index (χ3n) is 7.06. The number of hydrogen-bond donors (Lipinski definition) is 1. The zero-order chi connectivity index (χ0) is 25.9. The summed E-state index contributed by atoms with van der Waals surface area (Å²) in [5.41, 5.74) is 3.27. The molecule has 3 aromatic heterocycles. The van der Waals surface area contributed by atoms with Crippen molar-refractivity contribution in [3.05, 3.63) is 54.2 Å². The molecule has 5 heterocycles. The Morgan fingerprint density at radius 2 is 1.89 bits per heavy atom. The van der Waals surface area contributed by atoms with E-state index in [1.165, 1.54) is 32.1 Å². The van der Waals surface area contributed by atoms with E-state index < -0.39 is 12.7 Å². The van der Waals surface area contributed by atoms with Crippen LogP contribution in [0.3, 0.4) is 0 Å². The maximum absolute atomic E-state index is 13.4. The number of rotatable bonds is 5. The highest BCUT2D eigenvalue weighted by Gasteiger charge is 2.35. The highest BCUT2D eigenvalue weighted by molar-refractivity contribution is 5.87. The molecule has 0 spiro atoms. The van der Waals surface area contributed by atoms with E-state index in [4.69, 9.17) is 10.00 Å². The number of nitriles is 1. The molecule has 0 radical (unpaired) electrons. The Bertz CT molecular complexity index is 1380. The van der Waals surface area contributed by atoms with Gasteiger partial charge in [-0.25, -0.2) is 4.98 Å². The van der Waals surface area contributed by atoms with Crippen LogP contribution in [0.15, 0.2) is 42.9 Å². The summed E-state index contributed by atoms with van der Waals surface area (Å²) in [6, 6.07) is 10.1. The predicted octanol–water partition coefficient (Wildman–Crippen LogP) is 5.54. The van der Waals surface area contributed by atoms with Gasteiger partial charge in [0.05, 0.1) is 16.9 Å². The minimum absolute atomic E-state index is 0.220. The number of H-pyrrole nitrogens is 1. The van der Waals surface area contributed by atoms with Crippen LogP contribution in [0.1, 0.15) is 63.1 Å². The Labute approximate surface area is 213 Å². The summed E-state index contributed by atoms with van der Waals surface area (Å²) < 4.78 is 33.7. The molecule has 0 amide bonds. The number of imidazole rings is 1. The summed E-state index contributed by atoms with van der Waals surface area (Å²) in [6.07, 6.45) is 11.0. The lowest BCUT2D eigenvalue weighted by atomic mass is 10.0. The van der Waals surface area contributed by atoms with Gasteiger partial charge in [0.2, 0.25) is 0 Å². The molecule has 1 N–H and O–H groups in total. The molecule has 0 saturated carbocycles. The maximum atomic E-state index is 13.4. The molecule has 2 saturated heterocycles. The molecule has 2 aliphatic rings. The number of aryl methyl sites for hydroxylation is 1. The monoisotopic (exact) mass is 506 g/mol. The zero-order valence-electron chi connectivity index (χ0n) is 20.7. The molecule has 192 valence electrons. The molecule has 2 aliphatic heterocycles. The fraction of sp³-hybridized carbons (Fsp3) is 0.423. The van der Waals surface area contributed by atoms with Gasteiger partial charge in [-0.1, -0.05) is 6.07 Å². The summed E-state index contributed by atoms with van der Waals surface area (Å²) >= 11 is 0. The minimum atomic E-state index is -2.73. The third kappa shape index (κ3) is 4.96. The number of halogens is 2. The number of piperidine rings is 1. The number of pyridine rings is 1. The molecule has 11 heteroatoms. The highest BCUT2D eigenvalue weighted by Crippen LogP contribution is 2.36. The first kappa shape index (κ1) is 24.6. The van der Waals surface area contributed by atoms with Gasteiger partial charge in [-0.3, -0.25) is 9.55 Å². The van der Waals surface area contributed by atoms with Crippen molar-refractivity contribution in [3.63, 3.8) is 0 Å². The van der Waals surface area contributed by atoms with Crippen molar-refractivity contribution in [3.8, 4) is 23.2 Å². The number of aromatic amines is 1. The predicted molar refractivity (Wildman–Crippen MR) is 132 cm³/mol. The number of hydrogen-bond acceptors (Lipinski definition) is 7. The van der Waals surface area contributed by atoms with E-state index in [-0.39, 0.29) is 11.3 Å². The quantitative estimate of drug-likeness (QED) is 0.354. The van der Waals surface area contributed by atoms with Gasteiger partial charge >= 0.3 is 6.55 Å². The number of nitrogens with one attached hydrogen (secondary N) is 1. The smallest absolute Gasteiger partial charge is 0.320 e. The Kier molecular flexibility index (Phi) is 6.99. The normalized spacial score (nSPS) is 19.4. The molecule has 0 aliphatic carbocycles.